The molecule has 0 aliphatic heterocycles. The van der Waals surface area contributed by atoms with Crippen LogP contribution in [0.3, 0.4) is 0 Å². The lowest BCUT2D eigenvalue weighted by Gasteiger charge is -2.34. The fraction of sp³-hybridized carbons (Fsp3) is 0.833. The van der Waals surface area contributed by atoms with Crippen molar-refractivity contribution in [3.05, 3.63) is 0 Å². The fourth-order valence-corrected chi connectivity index (χ4v) is 5.12. The van der Waals surface area contributed by atoms with Crippen molar-refractivity contribution in [2.45, 2.75) is 44.5 Å². The molecule has 0 aromatic heterocycles. The summed E-state index contributed by atoms with van der Waals surface area (Å²) >= 11 is 0. The Morgan fingerprint density at radius 2 is 1.60 bits per heavy atom. The Kier molecular flexibility index (Phi) is 8.30. The Morgan fingerprint density at radius 3 is 1.90 bits per heavy atom. The van der Waals surface area contributed by atoms with Crippen LogP contribution in [0.25, 0.3) is 0 Å². The van der Waals surface area contributed by atoms with Crippen LogP contribution >= 0.6 is 21.6 Å². The molecule has 2 atom stereocenters. The van der Waals surface area contributed by atoms with Gasteiger partial charge in [-0.15, -0.1) is 0 Å². The van der Waals surface area contributed by atoms with Gasteiger partial charge in [-0.25, -0.2) is 0 Å². The first-order valence-corrected chi connectivity index (χ1v) is 8.47. The number of hydroxylamine groups is 4. The first kappa shape index (κ1) is 19.9. The van der Waals surface area contributed by atoms with E-state index in [0.29, 0.717) is 5.75 Å². The number of carbonyl (C=O) groups excluding carboxylic acids is 2. The number of carbonyl (C=O) groups is 2. The molecule has 0 amide bonds. The molecule has 0 rings (SSSR count). The Hall–Kier alpha value is -0.120. The van der Waals surface area contributed by atoms with Crippen molar-refractivity contribution in [1.29, 1.82) is 0 Å². The highest BCUT2D eigenvalue weighted by molar-refractivity contribution is 8.77. The molecule has 0 heterocycles. The minimum Gasteiger partial charge on any atom is -0.314 e. The van der Waals surface area contributed by atoms with Crippen molar-refractivity contribution in [2.75, 3.05) is 19.8 Å². The Labute approximate surface area is 128 Å². The molecule has 0 fully saturated rings. The van der Waals surface area contributed by atoms with E-state index in [1.54, 1.807) is 0 Å². The van der Waals surface area contributed by atoms with Gasteiger partial charge in [0.15, 0.2) is 5.78 Å². The summed E-state index contributed by atoms with van der Waals surface area (Å²) in [4.78, 5) is 23.0. The molecular formula is C12H24N2O4S2. The average Bonchev–Trinajstić information content (AvgIpc) is 2.20. The number of ketones is 2. The highest BCUT2D eigenvalue weighted by atomic mass is 33.1. The molecule has 0 aromatic carbocycles. The summed E-state index contributed by atoms with van der Waals surface area (Å²) in [7, 11) is 5.68. The predicted molar refractivity (Wildman–Crippen MR) is 82.2 cm³/mol. The van der Waals surface area contributed by atoms with Gasteiger partial charge in [-0.05, 0) is 27.7 Å². The first-order valence-electron chi connectivity index (χ1n) is 6.15. The first-order chi connectivity index (χ1) is 9.00. The second kappa shape index (κ2) is 8.35. The number of hydrogen-bond donors (Lipinski definition) is 2. The summed E-state index contributed by atoms with van der Waals surface area (Å²) in [5.74, 6) is 0.148. The van der Waals surface area contributed by atoms with Crippen LogP contribution in [0.15, 0.2) is 0 Å². The van der Waals surface area contributed by atoms with Crippen molar-refractivity contribution in [1.82, 2.24) is 10.1 Å². The molecule has 6 nitrogen and oxygen atoms in total. The van der Waals surface area contributed by atoms with Gasteiger partial charge in [0, 0.05) is 24.6 Å². The van der Waals surface area contributed by atoms with E-state index in [0.717, 1.165) is 10.1 Å². The van der Waals surface area contributed by atoms with Crippen LogP contribution in [0.4, 0.5) is 0 Å². The molecule has 0 saturated carbocycles. The molecule has 0 saturated heterocycles. The summed E-state index contributed by atoms with van der Waals surface area (Å²) in [5, 5.41) is 20.8. The van der Waals surface area contributed by atoms with Crippen LogP contribution in [-0.2, 0) is 9.59 Å². The lowest BCUT2D eigenvalue weighted by molar-refractivity contribution is -0.146. The number of hydrogen-bond acceptors (Lipinski definition) is 8. The van der Waals surface area contributed by atoms with Gasteiger partial charge in [-0.3, -0.25) is 9.59 Å². The van der Waals surface area contributed by atoms with E-state index in [9.17, 15) is 20.0 Å². The van der Waals surface area contributed by atoms with Crippen LogP contribution < -0.4 is 0 Å². The van der Waals surface area contributed by atoms with E-state index in [4.69, 9.17) is 0 Å². The maximum Gasteiger partial charge on any atom is 0.150 e. The van der Waals surface area contributed by atoms with Crippen molar-refractivity contribution >= 4 is 33.2 Å². The predicted octanol–water partition coefficient (Wildman–Crippen LogP) is 1.70. The van der Waals surface area contributed by atoms with Gasteiger partial charge in [-0.2, -0.15) is 10.1 Å². The molecular weight excluding hydrogens is 300 g/mol. The van der Waals surface area contributed by atoms with Crippen LogP contribution in [0.2, 0.25) is 0 Å². The van der Waals surface area contributed by atoms with Gasteiger partial charge in [0.2, 0.25) is 0 Å². The standard InChI is InChI=1S/C12H24N2O4S2/c1-8(15)10(13(5)17)7-19-20-12(3,4)11(9(2)16)14(6)18/h10-11,17-18H,7H2,1-6H3/t10-,11?/m0/s1. The van der Waals surface area contributed by atoms with Crippen LogP contribution in [0.1, 0.15) is 27.7 Å². The molecule has 1 unspecified atom stereocenters. The zero-order chi connectivity index (χ0) is 16.1. The van der Waals surface area contributed by atoms with Crippen LogP contribution in [0, 0.1) is 0 Å². The van der Waals surface area contributed by atoms with Gasteiger partial charge in [0.05, 0.1) is 0 Å². The lowest BCUT2D eigenvalue weighted by Crippen LogP contribution is -2.48. The smallest absolute Gasteiger partial charge is 0.150 e. The van der Waals surface area contributed by atoms with Gasteiger partial charge >= 0.3 is 0 Å². The molecule has 0 aliphatic carbocycles. The van der Waals surface area contributed by atoms with E-state index in [2.05, 4.69) is 0 Å². The minimum atomic E-state index is -0.636. The van der Waals surface area contributed by atoms with Crippen molar-refractivity contribution < 1.29 is 20.0 Å². The second-order valence-corrected chi connectivity index (χ2v) is 8.25. The Balaban J connectivity index is 4.62. The van der Waals surface area contributed by atoms with E-state index >= 15 is 0 Å². The third-order valence-corrected chi connectivity index (χ3v) is 6.11. The van der Waals surface area contributed by atoms with Crippen LogP contribution in [-0.4, -0.2) is 68.8 Å². The second-order valence-electron chi connectivity index (χ2n) is 5.26. The monoisotopic (exact) mass is 324 g/mol. The van der Waals surface area contributed by atoms with Crippen LogP contribution in [0.5, 0.6) is 0 Å². The minimum absolute atomic E-state index is 0.122. The molecule has 118 valence electrons. The number of likely N-dealkylation sites (N-methyl/N-ethyl adjacent to an activating group) is 2. The van der Waals surface area contributed by atoms with Gasteiger partial charge in [0.25, 0.3) is 0 Å². The largest absolute Gasteiger partial charge is 0.314 e. The van der Waals surface area contributed by atoms with Crippen molar-refractivity contribution in [3.63, 3.8) is 0 Å². The quantitative estimate of drug-likeness (QED) is 0.490. The highest BCUT2D eigenvalue weighted by Crippen LogP contribution is 2.40. The molecule has 20 heavy (non-hydrogen) atoms. The van der Waals surface area contributed by atoms with Crippen molar-refractivity contribution in [2.24, 2.45) is 0 Å². The molecule has 0 bridgehead atoms. The molecule has 2 N–H and O–H groups in total. The third kappa shape index (κ3) is 6.11. The summed E-state index contributed by atoms with van der Waals surface area (Å²) in [5.41, 5.74) is 0. The molecule has 0 aliphatic rings. The van der Waals surface area contributed by atoms with E-state index in [1.165, 1.54) is 49.5 Å². The maximum atomic E-state index is 11.6. The van der Waals surface area contributed by atoms with E-state index in [1.807, 2.05) is 13.8 Å². The van der Waals surface area contributed by atoms with Gasteiger partial charge < -0.3 is 10.4 Å². The number of rotatable bonds is 9. The zero-order valence-corrected chi connectivity index (χ0v) is 14.4. The topological polar surface area (TPSA) is 81.1 Å². The summed E-state index contributed by atoms with van der Waals surface area (Å²) in [6.07, 6.45) is 0. The average molecular weight is 324 g/mol. The molecule has 8 heteroatoms. The molecule has 0 aromatic rings. The summed E-state index contributed by atoms with van der Waals surface area (Å²) in [6.45, 7) is 6.57. The lowest BCUT2D eigenvalue weighted by atomic mass is 10.00. The summed E-state index contributed by atoms with van der Waals surface area (Å²) in [6, 6.07) is -1.21. The molecule has 0 radical (unpaired) electrons. The maximum absolute atomic E-state index is 11.6. The number of nitrogens with zero attached hydrogens (tertiary/aromatic N) is 2. The fourth-order valence-electron chi connectivity index (χ4n) is 1.99. The van der Waals surface area contributed by atoms with Gasteiger partial charge in [-0.1, -0.05) is 21.6 Å². The molecule has 0 spiro atoms. The van der Waals surface area contributed by atoms with E-state index < -0.39 is 16.8 Å². The van der Waals surface area contributed by atoms with Gasteiger partial charge in [0.1, 0.15) is 17.9 Å². The normalized spacial score (nSPS) is 15.5. The van der Waals surface area contributed by atoms with Crippen molar-refractivity contribution in [3.8, 4) is 0 Å². The van der Waals surface area contributed by atoms with E-state index in [-0.39, 0.29) is 11.6 Å². The SMILES string of the molecule is CC(=O)C(N(C)O)C(C)(C)SSC[C@@H](C(C)=O)N(C)O. The summed E-state index contributed by atoms with van der Waals surface area (Å²) < 4.78 is -0.532. The number of Topliss-reactive ketones (excluding diaryl/α,β-unsaturated/α-hetero) is 2. The Morgan fingerprint density at radius 1 is 1.10 bits per heavy atom. The Bertz CT molecular complexity index is 348. The highest BCUT2D eigenvalue weighted by Gasteiger charge is 2.37. The zero-order valence-electron chi connectivity index (χ0n) is 12.8. The third-order valence-electron chi connectivity index (χ3n) is 2.84.